The smallest absolute Gasteiger partial charge is 1.00 e. The Morgan fingerprint density at radius 3 is 2.62 bits per heavy atom. The number of hydrogen-bond donors (Lipinski definition) is 0. The molecule has 0 saturated carbocycles. The van der Waals surface area contributed by atoms with Gasteiger partial charge in [-0.25, -0.2) is 11.6 Å². The molecule has 0 aromatic heterocycles. The van der Waals surface area contributed by atoms with Crippen molar-refractivity contribution < 1.29 is 51.3 Å². The van der Waals surface area contributed by atoms with E-state index in [1.807, 2.05) is 6.92 Å². The van der Waals surface area contributed by atoms with E-state index in [1.165, 1.54) is 5.57 Å². The summed E-state index contributed by atoms with van der Waals surface area (Å²) in [5.74, 6) is 0. The summed E-state index contributed by atoms with van der Waals surface area (Å²) in [5, 5.41) is 0. The van der Waals surface area contributed by atoms with Gasteiger partial charge >= 0.3 is 21.7 Å². The molecule has 0 aromatic rings. The Labute approximate surface area is 108 Å². The van der Waals surface area contributed by atoms with E-state index in [1.54, 1.807) is 0 Å². The predicted molar refractivity (Wildman–Crippen MR) is 41.6 cm³/mol. The summed E-state index contributed by atoms with van der Waals surface area (Å²) >= 11 is 0. The molecule has 0 fully saturated rings. The molecule has 0 heterocycles. The van der Waals surface area contributed by atoms with Crippen LogP contribution >= 0.6 is 0 Å². The predicted octanol–water partition coefficient (Wildman–Crippen LogP) is -3.89. The van der Waals surface area contributed by atoms with Crippen LogP contribution in [0.25, 0.3) is 0 Å². The molecule has 0 amide bonds. The zero-order chi connectivity index (χ0) is 7.23. The van der Waals surface area contributed by atoms with Crippen molar-refractivity contribution >= 4 is 0 Å². The van der Waals surface area contributed by atoms with Crippen molar-refractivity contribution in [3.05, 3.63) is 23.8 Å². The first kappa shape index (κ1) is 19.3. The van der Waals surface area contributed by atoms with Crippen molar-refractivity contribution in [3.8, 4) is 0 Å². The molecule has 0 spiro atoms. The summed E-state index contributed by atoms with van der Waals surface area (Å²) < 4.78 is 5.20. The van der Waals surface area contributed by atoms with Gasteiger partial charge in [0, 0.05) is 13.2 Å². The van der Waals surface area contributed by atoms with Gasteiger partial charge in [0.25, 0.3) is 0 Å². The minimum absolute atomic E-state index is 0. The number of ether oxygens (including phenoxy) is 1. The topological polar surface area (TPSA) is 9.23 Å². The third-order valence-electron chi connectivity index (χ3n) is 1.49. The Balaban J connectivity index is -0.000000333. The van der Waals surface area contributed by atoms with Gasteiger partial charge in [-0.15, -0.1) is 6.42 Å². The Morgan fingerprint density at radius 2 is 2.15 bits per heavy atom. The summed E-state index contributed by atoms with van der Waals surface area (Å²) in [5.41, 5.74) is 1.30. The molecule has 1 aliphatic rings. The van der Waals surface area contributed by atoms with Crippen LogP contribution in [0, 0.1) is 6.08 Å². The maximum atomic E-state index is 5.20. The molecule has 0 aliphatic heterocycles. The van der Waals surface area contributed by atoms with Gasteiger partial charge in [-0.2, -0.15) is 6.08 Å². The van der Waals surface area contributed by atoms with E-state index < -0.39 is 0 Å². The van der Waals surface area contributed by atoms with Crippen LogP contribution in [-0.2, 0) is 26.5 Å². The third-order valence-corrected chi connectivity index (χ3v) is 1.49. The van der Waals surface area contributed by atoms with Gasteiger partial charge in [0.2, 0.25) is 0 Å². The third kappa shape index (κ3) is 9.05. The van der Waals surface area contributed by atoms with Gasteiger partial charge in [0.15, 0.2) is 0 Å². The summed E-state index contributed by atoms with van der Waals surface area (Å²) in [6, 6.07) is 0. The van der Waals surface area contributed by atoms with Gasteiger partial charge in [-0.3, -0.25) is 6.08 Å². The van der Waals surface area contributed by atoms with Gasteiger partial charge in [-0.05, 0) is 13.3 Å². The summed E-state index contributed by atoms with van der Waals surface area (Å²) in [6.07, 6.45) is 9.50. The molecule has 73 valence electrons. The monoisotopic (exact) mass is 255 g/mol. The van der Waals surface area contributed by atoms with Crippen LogP contribution in [0.3, 0.4) is 0 Å². The fourth-order valence-electron chi connectivity index (χ4n) is 0.948. The minimum Gasteiger partial charge on any atom is -1.00 e. The maximum absolute atomic E-state index is 5.20. The Bertz CT molecular complexity index is 158. The van der Waals surface area contributed by atoms with Crippen LogP contribution in [0.1, 0.15) is 19.8 Å². The molecule has 0 aromatic carbocycles. The number of rotatable bonds is 4. The molecule has 1 radical (unpaired) electrons. The SMILES string of the molecule is CCOCCC1=[C-]CC=C1.[Cl-].[Cl-].[Ti+3]. The molecule has 4 heteroatoms. The molecule has 1 rings (SSSR count). The van der Waals surface area contributed by atoms with Crippen LogP contribution in [0.15, 0.2) is 17.7 Å². The standard InChI is InChI=1S/C9H13O.2ClH.Ti/c1-2-10-8-7-9-5-3-4-6-9;;;/h3,5H,2,4,7-8H2,1H3;2*1H;/q-1;;;+3/p-2. The van der Waals surface area contributed by atoms with E-state index in [0.717, 1.165) is 26.1 Å². The van der Waals surface area contributed by atoms with Gasteiger partial charge in [-0.1, -0.05) is 0 Å². The molecule has 1 nitrogen and oxygen atoms in total. The molecule has 0 saturated heterocycles. The quantitative estimate of drug-likeness (QED) is 0.284. The normalized spacial score (nSPS) is 12.2. The minimum atomic E-state index is 0. The van der Waals surface area contributed by atoms with Crippen LogP contribution in [0.4, 0.5) is 0 Å². The molecule has 0 atom stereocenters. The van der Waals surface area contributed by atoms with E-state index in [2.05, 4.69) is 18.2 Å². The van der Waals surface area contributed by atoms with E-state index in [4.69, 9.17) is 4.74 Å². The van der Waals surface area contributed by atoms with Gasteiger partial charge < -0.3 is 29.6 Å². The average Bonchev–Trinajstić information content (AvgIpc) is 2.41. The Morgan fingerprint density at radius 1 is 1.46 bits per heavy atom. The van der Waals surface area contributed by atoms with Gasteiger partial charge in [0.1, 0.15) is 0 Å². The first-order valence-electron chi connectivity index (χ1n) is 3.77. The molecular formula is C9H13Cl2OTi. The summed E-state index contributed by atoms with van der Waals surface area (Å²) in [4.78, 5) is 0. The molecule has 13 heavy (non-hydrogen) atoms. The average molecular weight is 256 g/mol. The van der Waals surface area contributed by atoms with E-state index in [9.17, 15) is 0 Å². The fourth-order valence-corrected chi connectivity index (χ4v) is 0.948. The molecule has 0 N–H and O–H groups in total. The van der Waals surface area contributed by atoms with Crippen LogP contribution in [-0.4, -0.2) is 13.2 Å². The van der Waals surface area contributed by atoms with Gasteiger partial charge in [0.05, 0.1) is 0 Å². The Hall–Kier alpha value is 0.734. The summed E-state index contributed by atoms with van der Waals surface area (Å²) in [7, 11) is 0. The second-order valence-electron chi connectivity index (χ2n) is 2.26. The number of allylic oxidation sites excluding steroid dienone is 3. The van der Waals surface area contributed by atoms with Crippen LogP contribution in [0.5, 0.6) is 0 Å². The van der Waals surface area contributed by atoms with Crippen molar-refractivity contribution in [3.63, 3.8) is 0 Å². The Kier molecular flexibility index (Phi) is 18.9. The van der Waals surface area contributed by atoms with E-state index in [0.29, 0.717) is 0 Å². The zero-order valence-electron chi connectivity index (χ0n) is 7.65. The number of hydrogen-bond acceptors (Lipinski definition) is 1. The van der Waals surface area contributed by atoms with Crippen molar-refractivity contribution in [2.75, 3.05) is 13.2 Å². The van der Waals surface area contributed by atoms with Crippen LogP contribution in [0.2, 0.25) is 0 Å². The fraction of sp³-hybridized carbons (Fsp3) is 0.556. The second kappa shape index (κ2) is 12.7. The van der Waals surface area contributed by atoms with Crippen molar-refractivity contribution in [1.29, 1.82) is 0 Å². The molecule has 0 bridgehead atoms. The summed E-state index contributed by atoms with van der Waals surface area (Å²) in [6.45, 7) is 3.67. The van der Waals surface area contributed by atoms with E-state index in [-0.39, 0.29) is 46.5 Å². The second-order valence-corrected chi connectivity index (χ2v) is 2.26. The first-order valence-corrected chi connectivity index (χ1v) is 3.77. The van der Waals surface area contributed by atoms with Crippen molar-refractivity contribution in [2.45, 2.75) is 19.8 Å². The maximum Gasteiger partial charge on any atom is 3.00 e. The van der Waals surface area contributed by atoms with Crippen molar-refractivity contribution in [2.24, 2.45) is 0 Å². The van der Waals surface area contributed by atoms with Crippen LogP contribution < -0.4 is 24.8 Å². The first-order chi connectivity index (χ1) is 4.93. The van der Waals surface area contributed by atoms with E-state index >= 15 is 0 Å². The largest absolute Gasteiger partial charge is 3.00 e. The molecule has 1 aliphatic carbocycles. The molecular weight excluding hydrogens is 243 g/mol. The molecule has 0 unspecified atom stereocenters. The zero-order valence-corrected chi connectivity index (χ0v) is 10.7. The van der Waals surface area contributed by atoms with Crippen molar-refractivity contribution in [1.82, 2.24) is 0 Å². The number of halogens is 2.